The number of carboxylic acid groups (broad SMARTS) is 1. The maximum Gasteiger partial charge on any atom is 0.409 e. The lowest BCUT2D eigenvalue weighted by molar-refractivity contribution is 0.209. The third-order valence-electron chi connectivity index (χ3n) is 2.64. The smallest absolute Gasteiger partial charge is 0.409 e. The first-order valence-electron chi connectivity index (χ1n) is 6.02. The number of nitrogens with zero attached hydrogens (tertiary/aromatic N) is 2. The van der Waals surface area contributed by atoms with E-state index in [4.69, 9.17) is 15.6 Å². The molecule has 2 aromatic heterocycles. The van der Waals surface area contributed by atoms with Crippen molar-refractivity contribution in [2.75, 3.05) is 11.1 Å². The van der Waals surface area contributed by atoms with E-state index < -0.39 is 11.9 Å². The molecule has 4 N–H and O–H groups in total. The minimum Gasteiger partial charge on any atom is -0.465 e. The van der Waals surface area contributed by atoms with Crippen molar-refractivity contribution in [2.24, 2.45) is 0 Å². The van der Waals surface area contributed by atoms with Crippen LogP contribution in [-0.2, 0) is 0 Å². The fourth-order valence-electron chi connectivity index (χ4n) is 1.77. The van der Waals surface area contributed by atoms with Gasteiger partial charge in [-0.1, -0.05) is 11.3 Å². The number of halogens is 1. The van der Waals surface area contributed by atoms with Gasteiger partial charge in [-0.15, -0.1) is 0 Å². The summed E-state index contributed by atoms with van der Waals surface area (Å²) in [5.41, 5.74) is 6.40. The van der Waals surface area contributed by atoms with Gasteiger partial charge in [0.25, 0.3) is 0 Å². The molecule has 0 spiro atoms. The molecule has 0 radical (unpaired) electrons. The number of nitrogens with two attached hydrogens (primary N) is 1. The van der Waals surface area contributed by atoms with Crippen LogP contribution in [0.25, 0.3) is 10.3 Å². The Kier molecular flexibility index (Phi) is 3.47. The molecule has 0 unspecified atom stereocenters. The highest BCUT2D eigenvalue weighted by Crippen LogP contribution is 2.29. The van der Waals surface area contributed by atoms with Gasteiger partial charge in [-0.3, -0.25) is 5.32 Å². The van der Waals surface area contributed by atoms with Gasteiger partial charge in [-0.2, -0.15) is 0 Å². The summed E-state index contributed by atoms with van der Waals surface area (Å²) in [6.07, 6.45) is -1.25. The van der Waals surface area contributed by atoms with Crippen molar-refractivity contribution >= 4 is 38.6 Å². The summed E-state index contributed by atoms with van der Waals surface area (Å²) in [6.45, 7) is 0. The van der Waals surface area contributed by atoms with E-state index in [2.05, 4.69) is 15.3 Å². The van der Waals surface area contributed by atoms with Gasteiger partial charge in [0, 0.05) is 17.8 Å². The number of anilines is 2. The van der Waals surface area contributed by atoms with Crippen molar-refractivity contribution < 1.29 is 19.0 Å². The first-order valence-corrected chi connectivity index (χ1v) is 6.83. The number of amides is 1. The number of pyridine rings is 1. The van der Waals surface area contributed by atoms with Crippen LogP contribution in [0.4, 0.5) is 20.0 Å². The van der Waals surface area contributed by atoms with Crippen LogP contribution in [0.1, 0.15) is 0 Å². The monoisotopic (exact) mass is 320 g/mol. The standard InChI is InChI=1S/C13H9FN4O3S/c14-7-2-1-6(16-13(19)20)5-9(7)21-10-4-3-8-11(18-10)22-12(15)17-8/h1-5,16H,(H2,15,17)(H,19,20). The summed E-state index contributed by atoms with van der Waals surface area (Å²) < 4.78 is 19.1. The Hall–Kier alpha value is -2.94. The Morgan fingerprint density at radius 2 is 2.14 bits per heavy atom. The molecule has 112 valence electrons. The Morgan fingerprint density at radius 1 is 1.32 bits per heavy atom. The molecule has 22 heavy (non-hydrogen) atoms. The van der Waals surface area contributed by atoms with Crippen LogP contribution in [-0.4, -0.2) is 21.2 Å². The molecule has 1 aromatic carbocycles. The van der Waals surface area contributed by atoms with E-state index in [1.165, 1.54) is 29.5 Å². The molecule has 0 atom stereocenters. The van der Waals surface area contributed by atoms with Crippen molar-refractivity contribution in [1.82, 2.24) is 9.97 Å². The molecule has 2 heterocycles. The quantitative estimate of drug-likeness (QED) is 0.683. The molecule has 0 bridgehead atoms. The Bertz CT molecular complexity index is 868. The van der Waals surface area contributed by atoms with Gasteiger partial charge in [0.1, 0.15) is 10.3 Å². The zero-order valence-corrected chi connectivity index (χ0v) is 11.7. The number of hydrogen-bond donors (Lipinski definition) is 3. The predicted octanol–water partition coefficient (Wildman–Crippen LogP) is 3.29. The third kappa shape index (κ3) is 2.88. The van der Waals surface area contributed by atoms with E-state index in [1.54, 1.807) is 6.07 Å². The van der Waals surface area contributed by atoms with Crippen LogP contribution in [0.3, 0.4) is 0 Å². The van der Waals surface area contributed by atoms with E-state index >= 15 is 0 Å². The van der Waals surface area contributed by atoms with Gasteiger partial charge in [-0.05, 0) is 18.2 Å². The van der Waals surface area contributed by atoms with Crippen LogP contribution < -0.4 is 15.8 Å². The van der Waals surface area contributed by atoms with Crippen molar-refractivity contribution in [3.8, 4) is 11.6 Å². The highest BCUT2D eigenvalue weighted by Gasteiger charge is 2.10. The van der Waals surface area contributed by atoms with Crippen LogP contribution in [0.2, 0.25) is 0 Å². The number of aromatic nitrogens is 2. The number of rotatable bonds is 3. The minimum absolute atomic E-state index is 0.143. The molecule has 0 aliphatic heterocycles. The molecule has 0 aliphatic carbocycles. The summed E-state index contributed by atoms with van der Waals surface area (Å²) in [5.74, 6) is -0.625. The molecular formula is C13H9FN4O3S. The molecule has 3 rings (SSSR count). The van der Waals surface area contributed by atoms with Gasteiger partial charge < -0.3 is 15.6 Å². The van der Waals surface area contributed by atoms with Crippen LogP contribution in [0.5, 0.6) is 11.6 Å². The largest absolute Gasteiger partial charge is 0.465 e. The zero-order chi connectivity index (χ0) is 15.7. The lowest BCUT2D eigenvalue weighted by atomic mass is 10.3. The van der Waals surface area contributed by atoms with Gasteiger partial charge in [0.2, 0.25) is 5.88 Å². The summed E-state index contributed by atoms with van der Waals surface area (Å²) >= 11 is 1.18. The number of carbonyl (C=O) groups is 1. The number of benzene rings is 1. The maximum atomic E-state index is 13.8. The van der Waals surface area contributed by atoms with Gasteiger partial charge in [-0.25, -0.2) is 19.2 Å². The summed E-state index contributed by atoms with van der Waals surface area (Å²) in [6, 6.07) is 6.80. The van der Waals surface area contributed by atoms with E-state index in [1.807, 2.05) is 0 Å². The molecule has 9 heteroatoms. The first-order chi connectivity index (χ1) is 10.5. The minimum atomic E-state index is -1.25. The molecule has 0 saturated carbocycles. The summed E-state index contributed by atoms with van der Waals surface area (Å²) in [7, 11) is 0. The van der Waals surface area contributed by atoms with Crippen molar-refractivity contribution in [3.05, 3.63) is 36.1 Å². The second kappa shape index (κ2) is 5.45. The number of hydrogen-bond acceptors (Lipinski definition) is 6. The topological polar surface area (TPSA) is 110 Å². The predicted molar refractivity (Wildman–Crippen MR) is 79.9 cm³/mol. The van der Waals surface area contributed by atoms with Crippen molar-refractivity contribution in [1.29, 1.82) is 0 Å². The average molecular weight is 320 g/mol. The first kappa shape index (κ1) is 14.0. The van der Waals surface area contributed by atoms with Gasteiger partial charge in [0.05, 0.1) is 0 Å². The summed E-state index contributed by atoms with van der Waals surface area (Å²) in [4.78, 5) is 19.4. The molecule has 0 fully saturated rings. The number of fused-ring (bicyclic) bond motifs is 1. The highest BCUT2D eigenvalue weighted by atomic mass is 32.1. The second-order valence-corrected chi connectivity index (χ2v) is 5.21. The molecule has 7 nitrogen and oxygen atoms in total. The number of nitrogens with one attached hydrogen (secondary N) is 1. The molecule has 0 aliphatic rings. The van der Waals surface area contributed by atoms with Crippen molar-refractivity contribution in [2.45, 2.75) is 0 Å². The van der Waals surface area contributed by atoms with Crippen molar-refractivity contribution in [3.63, 3.8) is 0 Å². The van der Waals surface area contributed by atoms with E-state index in [0.717, 1.165) is 6.07 Å². The average Bonchev–Trinajstić information content (AvgIpc) is 2.81. The van der Waals surface area contributed by atoms with Crippen LogP contribution in [0, 0.1) is 5.82 Å². The lowest BCUT2D eigenvalue weighted by Crippen LogP contribution is -2.07. The highest BCUT2D eigenvalue weighted by molar-refractivity contribution is 7.21. The Balaban J connectivity index is 1.91. The van der Waals surface area contributed by atoms with Crippen LogP contribution in [0.15, 0.2) is 30.3 Å². The Morgan fingerprint density at radius 3 is 2.91 bits per heavy atom. The Labute approximate surface area is 127 Å². The third-order valence-corrected chi connectivity index (χ3v) is 3.44. The van der Waals surface area contributed by atoms with Gasteiger partial charge in [0.15, 0.2) is 16.7 Å². The van der Waals surface area contributed by atoms with Crippen LogP contribution >= 0.6 is 11.3 Å². The van der Waals surface area contributed by atoms with Gasteiger partial charge >= 0.3 is 6.09 Å². The maximum absolute atomic E-state index is 13.8. The molecule has 0 saturated heterocycles. The molecular weight excluding hydrogens is 311 g/mol. The SMILES string of the molecule is Nc1nc2ccc(Oc3cc(NC(=O)O)ccc3F)nc2s1. The molecule has 3 aromatic rings. The number of ether oxygens (including phenoxy) is 1. The zero-order valence-electron chi connectivity index (χ0n) is 10.9. The van der Waals surface area contributed by atoms with E-state index in [-0.39, 0.29) is 17.3 Å². The number of nitrogen functional groups attached to an aromatic ring is 1. The van der Waals surface area contributed by atoms with E-state index in [0.29, 0.717) is 15.5 Å². The number of thiazole rings is 1. The van der Waals surface area contributed by atoms with E-state index in [9.17, 15) is 9.18 Å². The fourth-order valence-corrected chi connectivity index (χ4v) is 2.47. The fraction of sp³-hybridized carbons (Fsp3) is 0. The summed E-state index contributed by atoms with van der Waals surface area (Å²) in [5, 5.41) is 11.2. The second-order valence-electron chi connectivity index (χ2n) is 4.20. The lowest BCUT2D eigenvalue weighted by Gasteiger charge is -2.08. The normalized spacial score (nSPS) is 10.6. The molecule has 1 amide bonds.